The van der Waals surface area contributed by atoms with E-state index in [-0.39, 0.29) is 34.0 Å². The largest absolute Gasteiger partial charge is 1.00 e. The van der Waals surface area contributed by atoms with Gasteiger partial charge < -0.3 is 22.7 Å². The maximum absolute atomic E-state index is 5.95. The molecule has 0 unspecified atom stereocenters. The summed E-state index contributed by atoms with van der Waals surface area (Å²) in [7, 11) is 0. The molecule has 0 aliphatic rings. The van der Waals surface area contributed by atoms with E-state index < -0.39 is 0 Å². The number of benzene rings is 1. The van der Waals surface area contributed by atoms with Gasteiger partial charge in [-0.2, -0.15) is 4.57 Å². The molecule has 4 nitrogen and oxygen atoms in total. The van der Waals surface area contributed by atoms with E-state index in [2.05, 4.69) is 32.7 Å². The second kappa shape index (κ2) is 7.47. The van der Waals surface area contributed by atoms with E-state index in [1.807, 2.05) is 31.3 Å². The van der Waals surface area contributed by atoms with Crippen molar-refractivity contribution in [2.24, 2.45) is 0 Å². The number of fused-ring (bicyclic) bond motifs is 1. The zero-order chi connectivity index (χ0) is 13.2. The third kappa shape index (κ3) is 3.77. The monoisotopic (exact) mass is 410 g/mol. The molecule has 110 valence electrons. The number of halogens is 2. The molecule has 3 aromatic rings. The highest BCUT2D eigenvalue weighted by atomic mass is 79.9. The fourth-order valence-electron chi connectivity index (χ4n) is 2.18. The number of aromatic nitrogens is 3. The van der Waals surface area contributed by atoms with Crippen molar-refractivity contribution in [2.75, 3.05) is 5.73 Å². The number of rotatable bonds is 2. The summed E-state index contributed by atoms with van der Waals surface area (Å²) in [6.07, 6.45) is 3.84. The summed E-state index contributed by atoms with van der Waals surface area (Å²) in [5.74, 6) is 1.25. The lowest BCUT2D eigenvalue weighted by atomic mass is 10.2. The molecule has 0 saturated heterocycles. The molecular weight excluding hydrogens is 396 g/mol. The van der Waals surface area contributed by atoms with Crippen LogP contribution in [0.3, 0.4) is 0 Å². The van der Waals surface area contributed by atoms with Crippen LogP contribution in [-0.2, 0) is 6.54 Å². The lowest BCUT2D eigenvalue weighted by Gasteiger charge is -2.04. The summed E-state index contributed by atoms with van der Waals surface area (Å²) in [4.78, 5) is 8.41. The average molecular weight is 412 g/mol. The van der Waals surface area contributed by atoms with Crippen LogP contribution in [-0.4, -0.2) is 9.97 Å². The first-order valence-corrected chi connectivity index (χ1v) is 6.19. The maximum Gasteiger partial charge on any atom is 0.212 e. The number of pyridine rings is 1. The Balaban J connectivity index is 0.00000110. The van der Waals surface area contributed by atoms with Gasteiger partial charge in [0.15, 0.2) is 12.7 Å². The van der Waals surface area contributed by atoms with Crippen LogP contribution in [0.4, 0.5) is 5.82 Å². The second-order valence-corrected chi connectivity index (χ2v) is 4.52. The molecule has 2 aromatic heterocycles. The fourth-order valence-corrected chi connectivity index (χ4v) is 2.18. The zero-order valence-electron chi connectivity index (χ0n) is 11.5. The summed E-state index contributed by atoms with van der Waals surface area (Å²) < 4.78 is 2.15. The molecule has 0 fully saturated rings. The highest BCUT2D eigenvalue weighted by Crippen LogP contribution is 2.11. The lowest BCUT2D eigenvalue weighted by molar-refractivity contribution is -0.662. The van der Waals surface area contributed by atoms with Crippen LogP contribution >= 0.6 is 17.0 Å². The molecule has 0 saturated carbocycles. The average Bonchev–Trinajstić information content (AvgIpc) is 2.42. The fraction of sp³-hybridized carbons (Fsp3) is 0.133. The van der Waals surface area contributed by atoms with Gasteiger partial charge in [0.2, 0.25) is 5.52 Å². The Morgan fingerprint density at radius 1 is 1.14 bits per heavy atom. The van der Waals surface area contributed by atoms with Crippen LogP contribution in [0.25, 0.3) is 10.9 Å². The Morgan fingerprint density at radius 2 is 1.86 bits per heavy atom. The molecule has 0 amide bonds. The molecule has 2 heterocycles. The number of nitrogen functional groups attached to an aromatic ring is 1. The van der Waals surface area contributed by atoms with Gasteiger partial charge in [0.25, 0.3) is 0 Å². The predicted octanol–water partition coefficient (Wildman–Crippen LogP) is -0.562. The third-order valence-corrected chi connectivity index (χ3v) is 3.15. The molecule has 0 atom stereocenters. The minimum absolute atomic E-state index is 0. The number of hydrogen-bond donors (Lipinski definition) is 1. The molecule has 0 bridgehead atoms. The normalized spacial score (nSPS) is 9.76. The van der Waals surface area contributed by atoms with Crippen molar-refractivity contribution in [1.82, 2.24) is 9.97 Å². The number of nitrogens with zero attached hydrogens (tertiary/aromatic N) is 3. The molecule has 21 heavy (non-hydrogen) atoms. The van der Waals surface area contributed by atoms with E-state index in [0.29, 0.717) is 18.2 Å². The van der Waals surface area contributed by atoms with Crippen LogP contribution in [0.15, 0.2) is 48.8 Å². The van der Waals surface area contributed by atoms with Crippen molar-refractivity contribution < 1.29 is 21.5 Å². The van der Waals surface area contributed by atoms with E-state index in [0.717, 1.165) is 5.56 Å². The highest BCUT2D eigenvalue weighted by molar-refractivity contribution is 8.93. The van der Waals surface area contributed by atoms with Crippen LogP contribution < -0.4 is 27.3 Å². The van der Waals surface area contributed by atoms with Crippen LogP contribution in [0.5, 0.6) is 0 Å². The first kappa shape index (κ1) is 17.5. The lowest BCUT2D eigenvalue weighted by Crippen LogP contribution is -3.00. The SMILES string of the molecule is Br.Cc1ncc(C[n+]2cccc3ccccc32)c(N)n1.[Br-]. The Kier molecular flexibility index (Phi) is 6.23. The molecule has 2 N–H and O–H groups in total. The van der Waals surface area contributed by atoms with Gasteiger partial charge in [-0.05, 0) is 19.1 Å². The zero-order valence-corrected chi connectivity index (χ0v) is 14.8. The van der Waals surface area contributed by atoms with Gasteiger partial charge in [-0.3, -0.25) is 0 Å². The number of hydrogen-bond acceptors (Lipinski definition) is 3. The van der Waals surface area contributed by atoms with Crippen molar-refractivity contribution >= 4 is 33.7 Å². The van der Waals surface area contributed by atoms with Crippen molar-refractivity contribution in [3.8, 4) is 0 Å². The Hall–Kier alpha value is -1.53. The molecule has 0 aliphatic heterocycles. The molecule has 0 spiro atoms. The van der Waals surface area contributed by atoms with Gasteiger partial charge in [0.1, 0.15) is 11.6 Å². The van der Waals surface area contributed by atoms with Crippen LogP contribution in [0, 0.1) is 6.92 Å². The van der Waals surface area contributed by atoms with E-state index >= 15 is 0 Å². The molecular formula is C15H16Br2N4. The summed E-state index contributed by atoms with van der Waals surface area (Å²) >= 11 is 0. The second-order valence-electron chi connectivity index (χ2n) is 4.52. The van der Waals surface area contributed by atoms with Gasteiger partial charge in [-0.25, -0.2) is 9.97 Å². The molecule has 3 rings (SSSR count). The van der Waals surface area contributed by atoms with Crippen molar-refractivity contribution in [2.45, 2.75) is 13.5 Å². The summed E-state index contributed by atoms with van der Waals surface area (Å²) in [6, 6.07) is 12.4. The number of anilines is 1. The smallest absolute Gasteiger partial charge is 0.212 e. The number of nitrogens with two attached hydrogens (primary N) is 1. The quantitative estimate of drug-likeness (QED) is 0.575. The summed E-state index contributed by atoms with van der Waals surface area (Å²) in [6.45, 7) is 2.51. The maximum atomic E-state index is 5.95. The van der Waals surface area contributed by atoms with Gasteiger partial charge >= 0.3 is 0 Å². The first-order chi connectivity index (χ1) is 9.24. The van der Waals surface area contributed by atoms with Crippen LogP contribution in [0.1, 0.15) is 11.4 Å². The topological polar surface area (TPSA) is 55.7 Å². The minimum atomic E-state index is 0. The predicted molar refractivity (Wildman–Crippen MR) is 84.7 cm³/mol. The van der Waals surface area contributed by atoms with Gasteiger partial charge in [0.05, 0.1) is 5.56 Å². The Bertz CT molecular complexity index is 741. The van der Waals surface area contributed by atoms with E-state index in [1.54, 1.807) is 6.20 Å². The highest BCUT2D eigenvalue weighted by Gasteiger charge is 2.11. The number of para-hydroxylation sites is 1. The van der Waals surface area contributed by atoms with Gasteiger partial charge in [-0.15, -0.1) is 17.0 Å². The third-order valence-electron chi connectivity index (χ3n) is 3.15. The molecule has 1 aromatic carbocycles. The van der Waals surface area contributed by atoms with Crippen LogP contribution in [0.2, 0.25) is 0 Å². The van der Waals surface area contributed by atoms with E-state index in [9.17, 15) is 0 Å². The van der Waals surface area contributed by atoms with Crippen molar-refractivity contribution in [3.63, 3.8) is 0 Å². The van der Waals surface area contributed by atoms with Gasteiger partial charge in [0, 0.05) is 23.7 Å². The first-order valence-electron chi connectivity index (χ1n) is 6.19. The van der Waals surface area contributed by atoms with Crippen molar-refractivity contribution in [3.05, 3.63) is 60.2 Å². The molecule has 0 radical (unpaired) electrons. The molecule has 6 heteroatoms. The van der Waals surface area contributed by atoms with E-state index in [1.165, 1.54) is 10.9 Å². The van der Waals surface area contributed by atoms with Gasteiger partial charge in [-0.1, -0.05) is 12.1 Å². The van der Waals surface area contributed by atoms with Crippen molar-refractivity contribution in [1.29, 1.82) is 0 Å². The number of aryl methyl sites for hydroxylation is 1. The summed E-state index contributed by atoms with van der Waals surface area (Å²) in [5.41, 5.74) is 8.06. The Labute approximate surface area is 144 Å². The summed E-state index contributed by atoms with van der Waals surface area (Å²) in [5, 5.41) is 1.21. The Morgan fingerprint density at radius 3 is 2.62 bits per heavy atom. The standard InChI is InChI=1S/C15H15N4.2BrH/c1-11-17-9-13(15(16)18-11)10-19-8-4-6-12-5-2-3-7-14(12)19;;/h2-9H,10H2,1H3,(H2,16,17,18);2*1H/q+1;;/p-1. The molecule has 0 aliphatic carbocycles. The van der Waals surface area contributed by atoms with E-state index in [4.69, 9.17) is 5.73 Å². The minimum Gasteiger partial charge on any atom is -1.00 e.